The van der Waals surface area contributed by atoms with Gasteiger partial charge in [-0.2, -0.15) is 0 Å². The zero-order chi connectivity index (χ0) is 14.3. The van der Waals surface area contributed by atoms with Gasteiger partial charge in [0.25, 0.3) is 0 Å². The molecule has 0 saturated heterocycles. The SMILES string of the molecule is COc1ccc(Cl)cc1-n1c(=S)[nH]c2cc(C)ccc21. The number of aromatic amines is 1. The molecule has 3 nitrogen and oxygen atoms in total. The maximum absolute atomic E-state index is 6.11. The Morgan fingerprint density at radius 1 is 1.20 bits per heavy atom. The zero-order valence-corrected chi connectivity index (χ0v) is 12.7. The molecular formula is C15H13ClN2OS. The van der Waals surface area contributed by atoms with E-state index in [1.807, 2.05) is 29.7 Å². The summed E-state index contributed by atoms with van der Waals surface area (Å²) in [5, 5.41) is 0.643. The molecule has 0 amide bonds. The topological polar surface area (TPSA) is 29.9 Å². The van der Waals surface area contributed by atoms with Crippen LogP contribution in [0.2, 0.25) is 5.02 Å². The Kier molecular flexibility index (Phi) is 3.28. The van der Waals surface area contributed by atoms with Gasteiger partial charge in [-0.3, -0.25) is 4.57 Å². The van der Waals surface area contributed by atoms with Gasteiger partial charge in [-0.15, -0.1) is 0 Å². The van der Waals surface area contributed by atoms with Gasteiger partial charge in [0.05, 0.1) is 23.8 Å². The predicted molar refractivity (Wildman–Crippen MR) is 84.8 cm³/mol. The Bertz CT molecular complexity index is 851. The summed E-state index contributed by atoms with van der Waals surface area (Å²) < 4.78 is 7.97. The number of rotatable bonds is 2. The molecule has 0 unspecified atom stereocenters. The lowest BCUT2D eigenvalue weighted by atomic mass is 10.2. The van der Waals surface area contributed by atoms with Gasteiger partial charge in [-0.25, -0.2) is 0 Å². The van der Waals surface area contributed by atoms with E-state index in [1.54, 1.807) is 13.2 Å². The summed E-state index contributed by atoms with van der Waals surface area (Å²) in [4.78, 5) is 3.22. The summed E-state index contributed by atoms with van der Waals surface area (Å²) in [5.41, 5.74) is 4.01. The minimum absolute atomic E-state index is 0.617. The first kappa shape index (κ1) is 13.2. The van der Waals surface area contributed by atoms with E-state index in [9.17, 15) is 0 Å². The highest BCUT2D eigenvalue weighted by Gasteiger charge is 2.11. The van der Waals surface area contributed by atoms with Crippen LogP contribution in [0.15, 0.2) is 36.4 Å². The van der Waals surface area contributed by atoms with E-state index >= 15 is 0 Å². The van der Waals surface area contributed by atoms with Crippen molar-refractivity contribution in [1.29, 1.82) is 0 Å². The second kappa shape index (κ2) is 4.96. The first-order valence-electron chi connectivity index (χ1n) is 6.15. The standard InChI is InChI=1S/C15H13ClN2OS/c1-9-3-5-12-11(7-9)17-15(20)18(12)13-8-10(16)4-6-14(13)19-2/h3-8H,1-2H3,(H,17,20). The van der Waals surface area contributed by atoms with Crippen LogP contribution >= 0.6 is 23.8 Å². The molecule has 102 valence electrons. The van der Waals surface area contributed by atoms with Crippen LogP contribution in [0.3, 0.4) is 0 Å². The highest BCUT2D eigenvalue weighted by molar-refractivity contribution is 7.71. The van der Waals surface area contributed by atoms with E-state index in [0.29, 0.717) is 9.79 Å². The van der Waals surface area contributed by atoms with Crippen molar-refractivity contribution in [1.82, 2.24) is 9.55 Å². The number of halogens is 1. The molecule has 0 saturated carbocycles. The molecule has 3 rings (SSSR count). The molecule has 0 radical (unpaired) electrons. The number of nitrogens with zero attached hydrogens (tertiary/aromatic N) is 1. The fraction of sp³-hybridized carbons (Fsp3) is 0.133. The molecule has 0 atom stereocenters. The van der Waals surface area contributed by atoms with E-state index in [-0.39, 0.29) is 0 Å². The number of fused-ring (bicyclic) bond motifs is 1. The monoisotopic (exact) mass is 304 g/mol. The molecule has 20 heavy (non-hydrogen) atoms. The molecule has 0 spiro atoms. The van der Waals surface area contributed by atoms with Gasteiger partial charge < -0.3 is 9.72 Å². The number of imidazole rings is 1. The van der Waals surface area contributed by atoms with Crippen LogP contribution < -0.4 is 4.74 Å². The lowest BCUT2D eigenvalue weighted by molar-refractivity contribution is 0.413. The van der Waals surface area contributed by atoms with Crippen molar-refractivity contribution >= 4 is 34.9 Å². The van der Waals surface area contributed by atoms with Crippen LogP contribution in [-0.2, 0) is 0 Å². The predicted octanol–water partition coefficient (Wildman–Crippen LogP) is 4.66. The summed E-state index contributed by atoms with van der Waals surface area (Å²) in [6.45, 7) is 2.05. The molecule has 0 aliphatic carbocycles. The number of hydrogen-bond donors (Lipinski definition) is 1. The molecule has 0 bridgehead atoms. The van der Waals surface area contributed by atoms with E-state index in [2.05, 4.69) is 17.1 Å². The third-order valence-electron chi connectivity index (χ3n) is 3.22. The fourth-order valence-corrected chi connectivity index (χ4v) is 2.78. The highest BCUT2D eigenvalue weighted by Crippen LogP contribution is 2.30. The van der Waals surface area contributed by atoms with E-state index in [1.165, 1.54) is 5.56 Å². The van der Waals surface area contributed by atoms with Crippen LogP contribution in [0, 0.1) is 11.7 Å². The Morgan fingerprint density at radius 3 is 2.75 bits per heavy atom. The number of aromatic nitrogens is 2. The van der Waals surface area contributed by atoms with E-state index in [0.717, 1.165) is 22.5 Å². The second-order valence-corrected chi connectivity index (χ2v) is 5.43. The number of methoxy groups -OCH3 is 1. The third kappa shape index (κ3) is 2.11. The summed E-state index contributed by atoms with van der Waals surface area (Å²) in [6.07, 6.45) is 0. The van der Waals surface area contributed by atoms with Crippen molar-refractivity contribution in [3.05, 3.63) is 51.8 Å². The van der Waals surface area contributed by atoms with Crippen LogP contribution in [-0.4, -0.2) is 16.7 Å². The van der Waals surface area contributed by atoms with Crippen molar-refractivity contribution < 1.29 is 4.74 Å². The third-order valence-corrected chi connectivity index (χ3v) is 3.74. The largest absolute Gasteiger partial charge is 0.495 e. The number of hydrogen-bond acceptors (Lipinski definition) is 2. The molecule has 1 aromatic heterocycles. The highest BCUT2D eigenvalue weighted by atomic mass is 35.5. The average Bonchev–Trinajstić information content (AvgIpc) is 2.73. The Morgan fingerprint density at radius 2 is 2.00 bits per heavy atom. The van der Waals surface area contributed by atoms with Gasteiger partial charge in [0.2, 0.25) is 0 Å². The van der Waals surface area contributed by atoms with Crippen molar-refractivity contribution in [3.63, 3.8) is 0 Å². The van der Waals surface area contributed by atoms with Crippen LogP contribution in [0.5, 0.6) is 5.75 Å². The Balaban J connectivity index is 2.37. The summed E-state index contributed by atoms with van der Waals surface area (Å²) in [6, 6.07) is 11.6. The summed E-state index contributed by atoms with van der Waals surface area (Å²) in [5.74, 6) is 0.729. The maximum Gasteiger partial charge on any atom is 0.182 e. The molecule has 0 fully saturated rings. The minimum atomic E-state index is 0.617. The smallest absolute Gasteiger partial charge is 0.182 e. The molecule has 0 aliphatic heterocycles. The fourth-order valence-electron chi connectivity index (χ4n) is 2.30. The van der Waals surface area contributed by atoms with Crippen LogP contribution in [0.1, 0.15) is 5.56 Å². The Labute approximate surface area is 126 Å². The van der Waals surface area contributed by atoms with Gasteiger partial charge in [0, 0.05) is 5.02 Å². The second-order valence-electron chi connectivity index (χ2n) is 4.60. The summed E-state index contributed by atoms with van der Waals surface area (Å²) >= 11 is 11.5. The lowest BCUT2D eigenvalue weighted by Gasteiger charge is -2.10. The number of H-pyrrole nitrogens is 1. The first-order chi connectivity index (χ1) is 9.60. The van der Waals surface area contributed by atoms with Gasteiger partial charge >= 0.3 is 0 Å². The minimum Gasteiger partial charge on any atom is -0.495 e. The van der Waals surface area contributed by atoms with Crippen molar-refractivity contribution in [2.75, 3.05) is 7.11 Å². The van der Waals surface area contributed by atoms with E-state index < -0.39 is 0 Å². The number of aryl methyl sites for hydroxylation is 1. The zero-order valence-electron chi connectivity index (χ0n) is 11.1. The number of ether oxygens (including phenoxy) is 1. The van der Waals surface area contributed by atoms with Gasteiger partial charge in [-0.05, 0) is 55.0 Å². The average molecular weight is 305 g/mol. The first-order valence-corrected chi connectivity index (χ1v) is 6.94. The summed E-state index contributed by atoms with van der Waals surface area (Å²) in [7, 11) is 1.63. The molecular weight excluding hydrogens is 292 g/mol. The van der Waals surface area contributed by atoms with E-state index in [4.69, 9.17) is 28.6 Å². The number of nitrogens with one attached hydrogen (secondary N) is 1. The molecule has 1 N–H and O–H groups in total. The van der Waals surface area contributed by atoms with Gasteiger partial charge in [0.1, 0.15) is 5.75 Å². The normalized spacial score (nSPS) is 10.9. The van der Waals surface area contributed by atoms with Crippen molar-refractivity contribution in [2.24, 2.45) is 0 Å². The lowest BCUT2D eigenvalue weighted by Crippen LogP contribution is -1.98. The number of benzene rings is 2. The molecule has 2 aromatic carbocycles. The van der Waals surface area contributed by atoms with Crippen molar-refractivity contribution in [3.8, 4) is 11.4 Å². The van der Waals surface area contributed by atoms with Crippen LogP contribution in [0.4, 0.5) is 0 Å². The van der Waals surface area contributed by atoms with Gasteiger partial charge in [0.15, 0.2) is 4.77 Å². The van der Waals surface area contributed by atoms with Gasteiger partial charge in [-0.1, -0.05) is 17.7 Å². The molecule has 0 aliphatic rings. The molecule has 3 aromatic rings. The quantitative estimate of drug-likeness (QED) is 0.698. The maximum atomic E-state index is 6.11. The Hall–Kier alpha value is -1.78. The van der Waals surface area contributed by atoms with Crippen LogP contribution in [0.25, 0.3) is 16.7 Å². The molecule has 5 heteroatoms. The van der Waals surface area contributed by atoms with Crippen molar-refractivity contribution in [2.45, 2.75) is 6.92 Å². The molecule has 1 heterocycles.